The van der Waals surface area contributed by atoms with Gasteiger partial charge in [0.05, 0.1) is 21.9 Å². The van der Waals surface area contributed by atoms with Crippen LogP contribution in [0.25, 0.3) is 16.9 Å². The van der Waals surface area contributed by atoms with Gasteiger partial charge < -0.3 is 9.30 Å². The summed E-state index contributed by atoms with van der Waals surface area (Å²) < 4.78 is 111. The third-order valence-electron chi connectivity index (χ3n) is 3.11. The summed E-state index contributed by atoms with van der Waals surface area (Å²) in [5, 5.41) is 0. The molecule has 118 valence electrons. The van der Waals surface area contributed by atoms with Gasteiger partial charge in [0.15, 0.2) is 0 Å². The van der Waals surface area contributed by atoms with E-state index in [-0.39, 0.29) is 22.4 Å². The maximum atomic E-state index is 13.3. The molecule has 2 heterocycles. The molecule has 0 atom stereocenters. The summed E-state index contributed by atoms with van der Waals surface area (Å²) in [7, 11) is 0. The van der Waals surface area contributed by atoms with Gasteiger partial charge in [0.25, 0.3) is 0 Å². The molecule has 0 saturated carbocycles. The number of hydrogen-bond acceptors (Lipinski definition) is 2. The predicted octanol–water partition coefficient (Wildman–Crippen LogP) is 3.25. The molecule has 0 N–H and O–H groups in total. The topological polar surface area (TPSA) is 37.6 Å². The lowest BCUT2D eigenvalue weighted by molar-refractivity contribution is -0.128. The summed E-state index contributed by atoms with van der Waals surface area (Å²) in [6.45, 7) is -8.28. The van der Waals surface area contributed by atoms with Crippen molar-refractivity contribution in [2.24, 2.45) is 0 Å². The van der Waals surface area contributed by atoms with E-state index >= 15 is 0 Å². The number of carbonyl (C=O) groups excluding carboxylic acids is 1. The van der Waals surface area contributed by atoms with Crippen molar-refractivity contribution in [1.82, 2.24) is 14.3 Å². The van der Waals surface area contributed by atoms with Crippen LogP contribution in [0, 0.1) is 13.8 Å². The third kappa shape index (κ3) is 2.97. The normalized spacial score (nSPS) is 22.1. The van der Waals surface area contributed by atoms with Crippen LogP contribution in [0.2, 0.25) is 0 Å². The maximum Gasteiger partial charge on any atom is 0.228 e. The number of amides is 1. The SMILES string of the molecule is [2H]c1c(C)c([2H])n2c(C([2H])([2H])C(=O)N(C([2H])([2H])[2H])C([2H])([2H])[2H])c(-c3ccc(C([2H])([2H])[2H])cc3)nc2c1[2H]. The summed E-state index contributed by atoms with van der Waals surface area (Å²) >= 11 is 0. The van der Waals surface area contributed by atoms with Crippen LogP contribution in [0.1, 0.15) is 36.0 Å². The first-order valence-electron chi connectivity index (χ1n) is 13.6. The molecule has 0 unspecified atom stereocenters. The smallest absolute Gasteiger partial charge is 0.228 e. The van der Waals surface area contributed by atoms with Crippen molar-refractivity contribution in [3.05, 3.63) is 59.3 Å². The van der Waals surface area contributed by atoms with Gasteiger partial charge in [0.2, 0.25) is 5.91 Å². The fourth-order valence-corrected chi connectivity index (χ4v) is 2.06. The molecule has 0 fully saturated rings. The zero-order valence-corrected chi connectivity index (χ0v) is 12.1. The fraction of sp³-hybridized carbons (Fsp3) is 0.263. The first-order valence-corrected chi connectivity index (χ1v) is 6.56. The monoisotopic (exact) mass is 321 g/mol. The van der Waals surface area contributed by atoms with Crippen molar-refractivity contribution in [2.45, 2.75) is 20.1 Å². The molecule has 0 aliphatic rings. The van der Waals surface area contributed by atoms with Crippen molar-refractivity contribution >= 4 is 11.6 Å². The number of aryl methyl sites for hydroxylation is 1. The molecule has 1 amide bonds. The molecule has 0 saturated heterocycles. The van der Waals surface area contributed by atoms with Crippen LogP contribution in [0.3, 0.4) is 0 Å². The second-order valence-electron chi connectivity index (χ2n) is 4.80. The highest BCUT2D eigenvalue weighted by Crippen LogP contribution is 2.26. The number of imidazole rings is 1. The molecule has 0 radical (unpaired) electrons. The van der Waals surface area contributed by atoms with Gasteiger partial charge in [-0.2, -0.15) is 0 Å². The summed E-state index contributed by atoms with van der Waals surface area (Å²) in [6, 6.07) is 3.99. The second-order valence-corrected chi connectivity index (χ2v) is 4.80. The molecule has 23 heavy (non-hydrogen) atoms. The highest BCUT2D eigenvalue weighted by molar-refractivity contribution is 5.81. The number of fused-ring (bicyclic) bond motifs is 1. The Morgan fingerprint density at radius 1 is 1.30 bits per heavy atom. The summed E-state index contributed by atoms with van der Waals surface area (Å²) in [5.41, 5.74) is -1.61. The predicted molar refractivity (Wildman–Crippen MR) is 92.5 cm³/mol. The quantitative estimate of drug-likeness (QED) is 0.742. The lowest BCUT2D eigenvalue weighted by Crippen LogP contribution is -2.24. The average molecular weight is 321 g/mol. The van der Waals surface area contributed by atoms with E-state index in [1.165, 1.54) is 31.2 Å². The minimum atomic E-state index is -3.56. The lowest BCUT2D eigenvalue weighted by Gasteiger charge is -2.11. The Labute approximate surface area is 156 Å². The minimum absolute atomic E-state index is 0.0423. The molecule has 4 nitrogen and oxygen atoms in total. The highest BCUT2D eigenvalue weighted by atomic mass is 16.2. The fourth-order valence-electron chi connectivity index (χ4n) is 2.06. The summed E-state index contributed by atoms with van der Waals surface area (Å²) in [6.07, 6.45) is -3.95. The molecule has 2 aromatic heterocycles. The Bertz CT molecular complexity index is 1350. The molecular weight excluding hydrogens is 286 g/mol. The van der Waals surface area contributed by atoms with E-state index in [1.807, 2.05) is 0 Å². The van der Waals surface area contributed by atoms with E-state index in [2.05, 4.69) is 4.98 Å². The van der Waals surface area contributed by atoms with Crippen LogP contribution in [0.5, 0.6) is 0 Å². The molecule has 1 aromatic carbocycles. The molecule has 3 rings (SSSR count). The van der Waals surface area contributed by atoms with Crippen LogP contribution in [-0.2, 0) is 11.2 Å². The Morgan fingerprint density at radius 3 is 2.78 bits per heavy atom. The van der Waals surface area contributed by atoms with E-state index in [9.17, 15) is 4.79 Å². The van der Waals surface area contributed by atoms with Gasteiger partial charge in [-0.3, -0.25) is 4.79 Å². The number of nitrogens with zero attached hydrogens (tertiary/aromatic N) is 3. The molecule has 3 aromatic rings. The van der Waals surface area contributed by atoms with Crippen molar-refractivity contribution in [3.63, 3.8) is 0 Å². The van der Waals surface area contributed by atoms with E-state index in [1.54, 1.807) is 0 Å². The Kier molecular flexibility index (Phi) is 1.48. The van der Waals surface area contributed by atoms with Crippen LogP contribution in [0.15, 0.2) is 42.5 Å². The molecule has 0 aliphatic heterocycles. The van der Waals surface area contributed by atoms with Crippen molar-refractivity contribution in [3.8, 4) is 11.3 Å². The average Bonchev–Trinajstić information content (AvgIpc) is 3.15. The van der Waals surface area contributed by atoms with Crippen LogP contribution >= 0.6 is 0 Å². The van der Waals surface area contributed by atoms with Crippen LogP contribution < -0.4 is 0 Å². The Morgan fingerprint density at radius 2 is 2.09 bits per heavy atom. The zero-order valence-electron chi connectivity index (χ0n) is 26.1. The minimum Gasteiger partial charge on any atom is -0.348 e. The number of carbonyl (C=O) groups is 1. The van der Waals surface area contributed by atoms with E-state index in [4.69, 9.17) is 19.2 Å². The number of benzene rings is 1. The number of likely N-dealkylation sites (N-methyl/N-ethyl adjacent to an activating group) is 1. The molecular formula is C19H21N3O. The zero-order chi connectivity index (χ0) is 28.5. The number of pyridine rings is 1. The van der Waals surface area contributed by atoms with E-state index in [0.717, 1.165) is 4.40 Å². The van der Waals surface area contributed by atoms with Crippen molar-refractivity contribution in [1.29, 1.82) is 0 Å². The lowest BCUT2D eigenvalue weighted by atomic mass is 10.1. The first-order chi connectivity index (χ1) is 16.6. The second kappa shape index (κ2) is 5.88. The number of aromatic nitrogens is 2. The van der Waals surface area contributed by atoms with Crippen LogP contribution in [0.4, 0.5) is 0 Å². The van der Waals surface area contributed by atoms with Gasteiger partial charge in [-0.1, -0.05) is 35.9 Å². The van der Waals surface area contributed by atoms with Gasteiger partial charge in [-0.05, 0) is 25.4 Å². The molecule has 0 spiro atoms. The largest absolute Gasteiger partial charge is 0.348 e. The van der Waals surface area contributed by atoms with Gasteiger partial charge >= 0.3 is 0 Å². The highest BCUT2D eigenvalue weighted by Gasteiger charge is 2.18. The van der Waals surface area contributed by atoms with Gasteiger partial charge in [-0.15, -0.1) is 0 Å². The van der Waals surface area contributed by atoms with Gasteiger partial charge in [-0.25, -0.2) is 4.98 Å². The molecule has 4 heteroatoms. The third-order valence-corrected chi connectivity index (χ3v) is 3.11. The summed E-state index contributed by atoms with van der Waals surface area (Å²) in [4.78, 5) is 16.9. The van der Waals surface area contributed by atoms with Gasteiger partial charge in [0, 0.05) is 40.8 Å². The first kappa shape index (κ1) is 5.78. The molecule has 0 bridgehead atoms. The van der Waals surface area contributed by atoms with Crippen LogP contribution in [-0.4, -0.2) is 34.1 Å². The van der Waals surface area contributed by atoms with Gasteiger partial charge in [0.1, 0.15) is 5.65 Å². The number of hydrogen-bond donors (Lipinski definition) is 0. The van der Waals surface area contributed by atoms with E-state index in [0.29, 0.717) is 0 Å². The Balaban J connectivity index is 2.44. The summed E-state index contributed by atoms with van der Waals surface area (Å²) in [5.74, 6) is -1.96. The number of rotatable bonds is 3. The molecule has 0 aliphatic carbocycles. The maximum absolute atomic E-state index is 13.3. The standard InChI is InChI=1S/C19H21N3O/c1-13-5-8-15(9-6-13)19-16(11-18(23)21(3)4)22-12-14(2)7-10-17(22)20-19/h5-10,12H,11H2,1-4H3/i1D3,3D3,4D3,7D,10D,11D2,12D. The van der Waals surface area contributed by atoms with Crippen molar-refractivity contribution in [2.75, 3.05) is 14.0 Å². The van der Waals surface area contributed by atoms with E-state index < -0.39 is 67.6 Å². The van der Waals surface area contributed by atoms with Crippen molar-refractivity contribution < 1.29 is 24.0 Å². The Hall–Kier alpha value is -2.62.